The van der Waals surface area contributed by atoms with E-state index >= 15 is 0 Å². The SMILES string of the molecule is CCc1ccc(C(=O)N2CCCCC2c2nc(-c3ccccc3)no2)cc1. The summed E-state index contributed by atoms with van der Waals surface area (Å²) < 4.78 is 5.56. The summed E-state index contributed by atoms with van der Waals surface area (Å²) in [6.45, 7) is 2.82. The monoisotopic (exact) mass is 361 g/mol. The van der Waals surface area contributed by atoms with E-state index in [0.717, 1.165) is 31.2 Å². The minimum atomic E-state index is -0.165. The van der Waals surface area contributed by atoms with Gasteiger partial charge in [0.1, 0.15) is 6.04 Å². The largest absolute Gasteiger partial charge is 0.337 e. The summed E-state index contributed by atoms with van der Waals surface area (Å²) in [5, 5.41) is 4.13. The highest BCUT2D eigenvalue weighted by Crippen LogP contribution is 2.32. The van der Waals surface area contributed by atoms with E-state index in [1.807, 2.05) is 59.5 Å². The third kappa shape index (κ3) is 3.63. The van der Waals surface area contributed by atoms with Crippen LogP contribution in [0, 0.1) is 0 Å². The molecule has 1 aliphatic heterocycles. The van der Waals surface area contributed by atoms with Crippen LogP contribution in [0.25, 0.3) is 11.4 Å². The van der Waals surface area contributed by atoms with Crippen LogP contribution in [0.15, 0.2) is 59.1 Å². The zero-order valence-electron chi connectivity index (χ0n) is 15.5. The number of piperidine rings is 1. The second-order valence-electron chi connectivity index (χ2n) is 6.88. The Hall–Kier alpha value is -2.95. The van der Waals surface area contributed by atoms with Crippen molar-refractivity contribution in [3.63, 3.8) is 0 Å². The van der Waals surface area contributed by atoms with Crippen LogP contribution in [0.2, 0.25) is 0 Å². The van der Waals surface area contributed by atoms with Crippen molar-refractivity contribution in [2.75, 3.05) is 6.54 Å². The molecule has 1 aliphatic rings. The predicted octanol–water partition coefficient (Wildman–Crippen LogP) is 4.67. The number of rotatable bonds is 4. The van der Waals surface area contributed by atoms with Crippen molar-refractivity contribution < 1.29 is 9.32 Å². The molecule has 0 radical (unpaired) electrons. The fourth-order valence-corrected chi connectivity index (χ4v) is 3.56. The topological polar surface area (TPSA) is 59.2 Å². The molecule has 2 heterocycles. The number of nitrogens with zero attached hydrogens (tertiary/aromatic N) is 3. The normalized spacial score (nSPS) is 17.1. The van der Waals surface area contributed by atoms with Crippen LogP contribution in [-0.4, -0.2) is 27.5 Å². The number of hydrogen-bond acceptors (Lipinski definition) is 4. The Balaban J connectivity index is 1.59. The molecule has 1 atom stereocenters. The summed E-state index contributed by atoms with van der Waals surface area (Å²) in [4.78, 5) is 19.6. The van der Waals surface area contributed by atoms with Gasteiger partial charge in [-0.3, -0.25) is 4.79 Å². The van der Waals surface area contributed by atoms with Crippen molar-refractivity contribution in [1.29, 1.82) is 0 Å². The molecule has 138 valence electrons. The van der Waals surface area contributed by atoms with Gasteiger partial charge in [-0.2, -0.15) is 4.98 Å². The van der Waals surface area contributed by atoms with Crippen LogP contribution in [0.4, 0.5) is 0 Å². The summed E-state index contributed by atoms with van der Waals surface area (Å²) >= 11 is 0. The van der Waals surface area contributed by atoms with Crippen molar-refractivity contribution in [1.82, 2.24) is 15.0 Å². The zero-order chi connectivity index (χ0) is 18.6. The second-order valence-corrected chi connectivity index (χ2v) is 6.88. The van der Waals surface area contributed by atoms with Gasteiger partial charge in [-0.05, 0) is 43.4 Å². The first kappa shape index (κ1) is 17.5. The minimum Gasteiger partial charge on any atom is -0.337 e. The fourth-order valence-electron chi connectivity index (χ4n) is 3.56. The van der Waals surface area contributed by atoms with Crippen LogP contribution < -0.4 is 0 Å². The molecule has 2 aromatic carbocycles. The first-order valence-electron chi connectivity index (χ1n) is 9.55. The first-order chi connectivity index (χ1) is 13.3. The zero-order valence-corrected chi connectivity index (χ0v) is 15.5. The van der Waals surface area contributed by atoms with Crippen LogP contribution in [0.5, 0.6) is 0 Å². The third-order valence-electron chi connectivity index (χ3n) is 5.13. The quantitative estimate of drug-likeness (QED) is 0.678. The summed E-state index contributed by atoms with van der Waals surface area (Å²) in [5.74, 6) is 1.12. The van der Waals surface area contributed by atoms with Gasteiger partial charge >= 0.3 is 0 Å². The van der Waals surface area contributed by atoms with Crippen molar-refractivity contribution in [2.24, 2.45) is 0 Å². The lowest BCUT2D eigenvalue weighted by Gasteiger charge is -2.33. The van der Waals surface area contributed by atoms with E-state index in [0.29, 0.717) is 23.8 Å². The van der Waals surface area contributed by atoms with E-state index in [9.17, 15) is 4.79 Å². The van der Waals surface area contributed by atoms with E-state index in [-0.39, 0.29) is 11.9 Å². The number of amides is 1. The van der Waals surface area contributed by atoms with Crippen LogP contribution in [0.1, 0.15) is 54.0 Å². The molecule has 1 amide bonds. The molecule has 0 bridgehead atoms. The summed E-state index contributed by atoms with van der Waals surface area (Å²) in [6.07, 6.45) is 3.85. The molecule has 1 saturated heterocycles. The molecule has 0 N–H and O–H groups in total. The minimum absolute atomic E-state index is 0.0295. The fraction of sp³-hybridized carbons (Fsp3) is 0.318. The summed E-state index contributed by atoms with van der Waals surface area (Å²) in [7, 11) is 0. The van der Waals surface area contributed by atoms with Crippen LogP contribution in [-0.2, 0) is 6.42 Å². The van der Waals surface area contributed by atoms with Gasteiger partial charge in [-0.1, -0.05) is 54.5 Å². The maximum Gasteiger partial charge on any atom is 0.254 e. The number of benzene rings is 2. The number of carbonyl (C=O) groups excluding carboxylic acids is 1. The number of aryl methyl sites for hydroxylation is 1. The Morgan fingerprint density at radius 1 is 1.11 bits per heavy atom. The van der Waals surface area contributed by atoms with Crippen molar-refractivity contribution in [3.8, 4) is 11.4 Å². The maximum absolute atomic E-state index is 13.1. The van der Waals surface area contributed by atoms with E-state index in [2.05, 4.69) is 17.1 Å². The Labute approximate surface area is 159 Å². The number of carbonyl (C=O) groups is 1. The van der Waals surface area contributed by atoms with E-state index < -0.39 is 0 Å². The maximum atomic E-state index is 13.1. The van der Waals surface area contributed by atoms with Crippen LogP contribution in [0.3, 0.4) is 0 Å². The highest BCUT2D eigenvalue weighted by molar-refractivity contribution is 5.94. The molecule has 1 unspecified atom stereocenters. The molecular formula is C22H23N3O2. The lowest BCUT2D eigenvalue weighted by atomic mass is 10.00. The lowest BCUT2D eigenvalue weighted by Crippen LogP contribution is -2.38. The number of aromatic nitrogens is 2. The molecule has 4 rings (SSSR count). The smallest absolute Gasteiger partial charge is 0.254 e. The summed E-state index contributed by atoms with van der Waals surface area (Å²) in [5.41, 5.74) is 2.85. The molecule has 5 nitrogen and oxygen atoms in total. The number of likely N-dealkylation sites (tertiary alicyclic amines) is 1. The van der Waals surface area contributed by atoms with E-state index in [4.69, 9.17) is 4.52 Å². The van der Waals surface area contributed by atoms with Crippen molar-refractivity contribution in [2.45, 2.75) is 38.6 Å². The van der Waals surface area contributed by atoms with Gasteiger partial charge in [0, 0.05) is 17.7 Å². The molecule has 0 saturated carbocycles. The third-order valence-corrected chi connectivity index (χ3v) is 5.13. The van der Waals surface area contributed by atoms with Gasteiger partial charge in [0.15, 0.2) is 0 Å². The predicted molar refractivity (Wildman–Crippen MR) is 103 cm³/mol. The molecule has 3 aromatic rings. The lowest BCUT2D eigenvalue weighted by molar-refractivity contribution is 0.0561. The average molecular weight is 361 g/mol. The number of hydrogen-bond donors (Lipinski definition) is 0. The standard InChI is InChI=1S/C22H23N3O2/c1-2-16-11-13-18(14-12-16)22(26)25-15-7-6-10-19(25)21-23-20(24-27-21)17-8-4-3-5-9-17/h3-5,8-9,11-14,19H,2,6-7,10,15H2,1H3. The van der Waals surface area contributed by atoms with E-state index in [1.165, 1.54) is 5.56 Å². The molecule has 0 aliphatic carbocycles. The van der Waals surface area contributed by atoms with Gasteiger partial charge < -0.3 is 9.42 Å². The average Bonchev–Trinajstić information content (AvgIpc) is 3.24. The molecule has 5 heteroatoms. The second kappa shape index (κ2) is 7.74. The van der Waals surface area contributed by atoms with Gasteiger partial charge in [0.2, 0.25) is 11.7 Å². The van der Waals surface area contributed by atoms with Gasteiger partial charge in [0.05, 0.1) is 0 Å². The van der Waals surface area contributed by atoms with Crippen molar-refractivity contribution in [3.05, 3.63) is 71.6 Å². The van der Waals surface area contributed by atoms with Gasteiger partial charge in [-0.25, -0.2) is 0 Å². The summed E-state index contributed by atoms with van der Waals surface area (Å²) in [6, 6.07) is 17.5. The van der Waals surface area contributed by atoms with Crippen molar-refractivity contribution >= 4 is 5.91 Å². The Bertz CT molecular complexity index is 903. The molecular weight excluding hydrogens is 338 g/mol. The first-order valence-corrected chi connectivity index (χ1v) is 9.55. The Morgan fingerprint density at radius 2 is 1.89 bits per heavy atom. The van der Waals surface area contributed by atoms with Gasteiger partial charge in [-0.15, -0.1) is 0 Å². The Kier molecular flexibility index (Phi) is 5.01. The molecule has 1 aromatic heterocycles. The molecule has 27 heavy (non-hydrogen) atoms. The highest BCUT2D eigenvalue weighted by atomic mass is 16.5. The van der Waals surface area contributed by atoms with E-state index in [1.54, 1.807) is 0 Å². The molecule has 1 fully saturated rings. The van der Waals surface area contributed by atoms with Gasteiger partial charge in [0.25, 0.3) is 5.91 Å². The Morgan fingerprint density at radius 3 is 2.63 bits per heavy atom. The highest BCUT2D eigenvalue weighted by Gasteiger charge is 2.32. The molecule has 0 spiro atoms. The van der Waals surface area contributed by atoms with Crippen LogP contribution >= 0.6 is 0 Å².